The second-order valence-corrected chi connectivity index (χ2v) is 10.1. The van der Waals surface area contributed by atoms with Crippen molar-refractivity contribution in [3.8, 4) is 16.9 Å². The van der Waals surface area contributed by atoms with Crippen molar-refractivity contribution in [1.29, 1.82) is 0 Å². The van der Waals surface area contributed by atoms with E-state index in [4.69, 9.17) is 0 Å². The van der Waals surface area contributed by atoms with Gasteiger partial charge in [-0.15, -0.1) is 0 Å². The summed E-state index contributed by atoms with van der Waals surface area (Å²) in [6, 6.07) is 29.4. The Morgan fingerprint density at radius 1 is 0.600 bits per heavy atom. The molecule has 0 aliphatic rings. The maximum Gasteiger partial charge on any atom is 0.215 e. The minimum absolute atomic E-state index is 1.23. The van der Waals surface area contributed by atoms with Gasteiger partial charge in [-0.25, -0.2) is 0 Å². The number of rotatable bonds is 2. The van der Waals surface area contributed by atoms with Crippen LogP contribution in [0.3, 0.4) is 0 Å². The van der Waals surface area contributed by atoms with Crippen LogP contribution in [0.15, 0.2) is 78.9 Å². The van der Waals surface area contributed by atoms with Gasteiger partial charge < -0.3 is 4.57 Å². The summed E-state index contributed by atoms with van der Waals surface area (Å²) in [5, 5.41) is 3.85. The molecule has 172 valence electrons. The van der Waals surface area contributed by atoms with Crippen LogP contribution >= 0.6 is 0 Å². The molecule has 0 spiro atoms. The molecule has 35 heavy (non-hydrogen) atoms. The number of hydrogen-bond acceptors (Lipinski definition) is 0. The molecule has 6 aromatic rings. The molecule has 4 aromatic carbocycles. The first-order chi connectivity index (χ1) is 16.8. The Hall–Kier alpha value is -3.91. The number of hydrogen-bond donors (Lipinski definition) is 0. The van der Waals surface area contributed by atoms with E-state index in [1.807, 2.05) is 0 Å². The summed E-state index contributed by atoms with van der Waals surface area (Å²) in [4.78, 5) is 0. The van der Waals surface area contributed by atoms with Crippen LogP contribution in [0.2, 0.25) is 0 Å². The van der Waals surface area contributed by atoms with E-state index in [9.17, 15) is 0 Å². The SMILES string of the molecule is Cc1cc(C)c(C)c(-c2cc(-n3c4cc(C)ccc4c4ccc(C)cc43)c3ccccc3[n+]2C)c1. The molecular weight excluding hydrogens is 424 g/mol. The van der Waals surface area contributed by atoms with Crippen molar-refractivity contribution in [2.24, 2.45) is 7.05 Å². The zero-order chi connectivity index (χ0) is 24.4. The maximum absolute atomic E-state index is 2.48. The lowest BCUT2D eigenvalue weighted by molar-refractivity contribution is -0.633. The molecule has 2 nitrogen and oxygen atoms in total. The monoisotopic (exact) mass is 455 g/mol. The van der Waals surface area contributed by atoms with Crippen molar-refractivity contribution in [1.82, 2.24) is 4.57 Å². The molecule has 2 heterocycles. The van der Waals surface area contributed by atoms with Gasteiger partial charge in [0.25, 0.3) is 0 Å². The summed E-state index contributed by atoms with van der Waals surface area (Å²) in [5.41, 5.74) is 14.0. The van der Waals surface area contributed by atoms with Crippen molar-refractivity contribution < 1.29 is 4.57 Å². The Kier molecular flexibility index (Phi) is 4.82. The number of para-hydroxylation sites is 1. The molecule has 6 rings (SSSR count). The minimum atomic E-state index is 1.23. The van der Waals surface area contributed by atoms with Gasteiger partial charge in [-0.2, -0.15) is 4.57 Å². The predicted molar refractivity (Wildman–Crippen MR) is 149 cm³/mol. The first-order valence-corrected chi connectivity index (χ1v) is 12.4. The van der Waals surface area contributed by atoms with Gasteiger partial charge in [0.1, 0.15) is 7.05 Å². The van der Waals surface area contributed by atoms with E-state index < -0.39 is 0 Å². The molecule has 0 bridgehead atoms. The molecule has 0 radical (unpaired) electrons. The van der Waals surface area contributed by atoms with Crippen LogP contribution in [-0.2, 0) is 7.05 Å². The predicted octanol–water partition coefficient (Wildman–Crippen LogP) is 7.97. The Bertz CT molecular complexity index is 1740. The van der Waals surface area contributed by atoms with Gasteiger partial charge in [-0.05, 0) is 81.1 Å². The summed E-state index contributed by atoms with van der Waals surface area (Å²) in [6.45, 7) is 11.0. The Labute approximate surface area is 207 Å². The molecule has 0 atom stereocenters. The van der Waals surface area contributed by atoms with Gasteiger partial charge in [0.05, 0.1) is 22.1 Å². The van der Waals surface area contributed by atoms with Gasteiger partial charge in [-0.3, -0.25) is 0 Å². The van der Waals surface area contributed by atoms with Gasteiger partial charge in [0.15, 0.2) is 0 Å². The average molecular weight is 456 g/mol. The molecule has 0 N–H and O–H groups in total. The molecule has 2 aromatic heterocycles. The lowest BCUT2D eigenvalue weighted by Gasteiger charge is -2.15. The highest BCUT2D eigenvalue weighted by molar-refractivity contribution is 6.10. The van der Waals surface area contributed by atoms with Gasteiger partial charge in [-0.1, -0.05) is 48.0 Å². The lowest BCUT2D eigenvalue weighted by atomic mass is 9.96. The van der Waals surface area contributed by atoms with E-state index in [1.54, 1.807) is 0 Å². The first kappa shape index (κ1) is 21.6. The Morgan fingerprint density at radius 2 is 1.23 bits per heavy atom. The summed E-state index contributed by atoms with van der Waals surface area (Å²) >= 11 is 0. The van der Waals surface area contributed by atoms with Crippen LogP contribution in [0.1, 0.15) is 27.8 Å². The topological polar surface area (TPSA) is 8.81 Å². The average Bonchev–Trinajstić information content (AvgIpc) is 3.14. The normalized spacial score (nSPS) is 11.7. The molecule has 0 unspecified atom stereocenters. The fraction of sp³-hybridized carbons (Fsp3) is 0.182. The van der Waals surface area contributed by atoms with Crippen LogP contribution < -0.4 is 4.57 Å². The molecule has 0 amide bonds. The van der Waals surface area contributed by atoms with Crippen LogP contribution in [-0.4, -0.2) is 4.57 Å². The van der Waals surface area contributed by atoms with Gasteiger partial charge in [0.2, 0.25) is 11.2 Å². The Balaban J connectivity index is 1.82. The Morgan fingerprint density at radius 3 is 1.89 bits per heavy atom. The van der Waals surface area contributed by atoms with E-state index in [1.165, 1.54) is 77.5 Å². The quantitative estimate of drug-likeness (QED) is 0.234. The first-order valence-electron chi connectivity index (χ1n) is 12.4. The number of benzene rings is 4. The third-order valence-corrected chi connectivity index (χ3v) is 7.58. The largest absolute Gasteiger partial charge is 0.308 e. The van der Waals surface area contributed by atoms with Crippen molar-refractivity contribution >= 4 is 32.7 Å². The van der Waals surface area contributed by atoms with Crippen LogP contribution in [0.25, 0.3) is 49.7 Å². The second-order valence-electron chi connectivity index (χ2n) is 10.1. The van der Waals surface area contributed by atoms with Crippen LogP contribution in [0.4, 0.5) is 0 Å². The molecule has 0 aliphatic heterocycles. The molecule has 2 heteroatoms. The number of aromatic nitrogens is 2. The van der Waals surface area contributed by atoms with Crippen molar-refractivity contribution in [2.75, 3.05) is 0 Å². The summed E-state index contributed by atoms with van der Waals surface area (Å²) in [6.07, 6.45) is 0. The summed E-state index contributed by atoms with van der Waals surface area (Å²) < 4.78 is 4.83. The van der Waals surface area contributed by atoms with Crippen molar-refractivity contribution in [2.45, 2.75) is 34.6 Å². The van der Waals surface area contributed by atoms with Gasteiger partial charge >= 0.3 is 0 Å². The smallest absolute Gasteiger partial charge is 0.215 e. The van der Waals surface area contributed by atoms with E-state index >= 15 is 0 Å². The standard InChI is InChI=1S/C33H31N2/c1-20-11-13-25-26-14-12-21(2)18-32(26)35(31(25)17-20)33-19-30(28-16-22(3)15-23(4)24(28)5)34(6)29-10-8-7-9-27(29)33/h7-19H,1-6H3/q+1. The summed E-state index contributed by atoms with van der Waals surface area (Å²) in [5.74, 6) is 0. The zero-order valence-electron chi connectivity index (χ0n) is 21.4. The van der Waals surface area contributed by atoms with Crippen LogP contribution in [0.5, 0.6) is 0 Å². The highest BCUT2D eigenvalue weighted by Gasteiger charge is 2.23. The van der Waals surface area contributed by atoms with E-state index in [0.717, 1.165) is 0 Å². The third-order valence-electron chi connectivity index (χ3n) is 7.58. The third kappa shape index (κ3) is 3.28. The molecule has 0 fully saturated rings. The second kappa shape index (κ2) is 7.81. The maximum atomic E-state index is 2.48. The van der Waals surface area contributed by atoms with Crippen molar-refractivity contribution in [3.05, 3.63) is 107 Å². The number of aryl methyl sites for hydroxylation is 5. The highest BCUT2D eigenvalue weighted by Crippen LogP contribution is 2.37. The van der Waals surface area contributed by atoms with Crippen LogP contribution in [0, 0.1) is 34.6 Å². The lowest BCUT2D eigenvalue weighted by Crippen LogP contribution is -2.33. The molecule has 0 aliphatic carbocycles. The zero-order valence-corrected chi connectivity index (χ0v) is 21.4. The van der Waals surface area contributed by atoms with E-state index in [2.05, 4.69) is 130 Å². The van der Waals surface area contributed by atoms with Gasteiger partial charge in [0, 0.05) is 28.5 Å². The molecular formula is C33H31N2+. The summed E-state index contributed by atoms with van der Waals surface area (Å²) in [7, 11) is 2.19. The molecule has 0 saturated heterocycles. The highest BCUT2D eigenvalue weighted by atomic mass is 15.0. The number of pyridine rings is 1. The fourth-order valence-corrected chi connectivity index (χ4v) is 5.66. The van der Waals surface area contributed by atoms with Crippen molar-refractivity contribution in [3.63, 3.8) is 0 Å². The molecule has 0 saturated carbocycles. The number of nitrogens with zero attached hydrogens (tertiary/aromatic N) is 2. The van der Waals surface area contributed by atoms with E-state index in [0.29, 0.717) is 0 Å². The minimum Gasteiger partial charge on any atom is -0.308 e. The number of fused-ring (bicyclic) bond motifs is 4. The fourth-order valence-electron chi connectivity index (χ4n) is 5.66. The van der Waals surface area contributed by atoms with E-state index in [-0.39, 0.29) is 0 Å².